The lowest BCUT2D eigenvalue weighted by atomic mass is 10.0. The number of nitrogens with zero attached hydrogens (tertiary/aromatic N) is 1. The fourth-order valence-electron chi connectivity index (χ4n) is 2.90. The minimum Gasteiger partial charge on any atom is -0.395 e. The van der Waals surface area contributed by atoms with Gasteiger partial charge in [0.25, 0.3) is 0 Å². The molecule has 116 valence electrons. The summed E-state index contributed by atoms with van der Waals surface area (Å²) in [5, 5.41) is 12.3. The van der Waals surface area contributed by atoms with Crippen molar-refractivity contribution in [2.45, 2.75) is 45.7 Å². The molecule has 2 rings (SSSR count). The van der Waals surface area contributed by atoms with Gasteiger partial charge in [0.1, 0.15) is 0 Å². The third-order valence-electron chi connectivity index (χ3n) is 4.46. The summed E-state index contributed by atoms with van der Waals surface area (Å²) in [7, 11) is 0. The molecule has 0 spiro atoms. The Morgan fingerprint density at radius 2 is 2.19 bits per heavy atom. The maximum atomic E-state index is 12.2. The molecule has 0 radical (unpaired) electrons. The Kier molecular flexibility index (Phi) is 5.37. The van der Waals surface area contributed by atoms with Crippen molar-refractivity contribution in [3.63, 3.8) is 0 Å². The standard InChI is InChI=1S/C17H26N2O2/c1-12-6-7-15(9-13(12)2)14(3)18-17(21)10-19-8-4-5-16(19)11-20/h6-7,9,14,16,20H,4-5,8,10-11H2,1-3H3,(H,18,21)/t14-,16+/m0/s1. The predicted octanol–water partition coefficient (Wildman–Crippen LogP) is 1.94. The number of hydrogen-bond donors (Lipinski definition) is 2. The number of nitrogens with one attached hydrogen (secondary N) is 1. The Labute approximate surface area is 127 Å². The van der Waals surface area contributed by atoms with Crippen LogP contribution in [0.25, 0.3) is 0 Å². The van der Waals surface area contributed by atoms with Crippen LogP contribution in [0.2, 0.25) is 0 Å². The number of amides is 1. The Morgan fingerprint density at radius 1 is 1.43 bits per heavy atom. The van der Waals surface area contributed by atoms with Gasteiger partial charge in [0.15, 0.2) is 0 Å². The lowest BCUT2D eigenvalue weighted by molar-refractivity contribution is -0.123. The molecular formula is C17H26N2O2. The molecule has 4 nitrogen and oxygen atoms in total. The van der Waals surface area contributed by atoms with E-state index >= 15 is 0 Å². The Morgan fingerprint density at radius 3 is 2.86 bits per heavy atom. The van der Waals surface area contributed by atoms with E-state index in [1.54, 1.807) is 0 Å². The first kappa shape index (κ1) is 16.0. The average Bonchev–Trinajstić information content (AvgIpc) is 2.88. The molecule has 1 heterocycles. The summed E-state index contributed by atoms with van der Waals surface area (Å²) in [4.78, 5) is 14.2. The molecule has 0 saturated carbocycles. The molecule has 0 aromatic heterocycles. The number of carbonyl (C=O) groups excluding carboxylic acids is 1. The van der Waals surface area contributed by atoms with Crippen LogP contribution in [0.1, 0.15) is 42.5 Å². The molecule has 0 unspecified atom stereocenters. The zero-order chi connectivity index (χ0) is 15.4. The fourth-order valence-corrected chi connectivity index (χ4v) is 2.90. The molecule has 1 aromatic rings. The molecule has 21 heavy (non-hydrogen) atoms. The van der Waals surface area contributed by atoms with Crippen molar-refractivity contribution in [2.24, 2.45) is 0 Å². The smallest absolute Gasteiger partial charge is 0.234 e. The minimum atomic E-state index is 0.00646. The number of benzene rings is 1. The van der Waals surface area contributed by atoms with E-state index in [1.165, 1.54) is 11.1 Å². The van der Waals surface area contributed by atoms with Gasteiger partial charge in [-0.3, -0.25) is 9.69 Å². The zero-order valence-corrected chi connectivity index (χ0v) is 13.2. The molecule has 1 aromatic carbocycles. The largest absolute Gasteiger partial charge is 0.395 e. The van der Waals surface area contributed by atoms with Crippen LogP contribution >= 0.6 is 0 Å². The lowest BCUT2D eigenvalue weighted by Gasteiger charge is -2.23. The van der Waals surface area contributed by atoms with Crippen LogP contribution in [-0.4, -0.2) is 41.7 Å². The van der Waals surface area contributed by atoms with E-state index in [0.717, 1.165) is 24.9 Å². The number of carbonyl (C=O) groups is 1. The van der Waals surface area contributed by atoms with Crippen LogP contribution in [0.4, 0.5) is 0 Å². The van der Waals surface area contributed by atoms with Crippen molar-refractivity contribution in [1.29, 1.82) is 0 Å². The molecule has 4 heteroatoms. The van der Waals surface area contributed by atoms with Gasteiger partial charge in [-0.15, -0.1) is 0 Å². The molecule has 1 fully saturated rings. The average molecular weight is 290 g/mol. The van der Waals surface area contributed by atoms with E-state index in [-0.39, 0.29) is 24.6 Å². The fraction of sp³-hybridized carbons (Fsp3) is 0.588. The van der Waals surface area contributed by atoms with Crippen molar-refractivity contribution in [2.75, 3.05) is 19.7 Å². The lowest BCUT2D eigenvalue weighted by Crippen LogP contribution is -2.41. The van der Waals surface area contributed by atoms with Crippen LogP contribution < -0.4 is 5.32 Å². The molecular weight excluding hydrogens is 264 g/mol. The summed E-state index contributed by atoms with van der Waals surface area (Å²) >= 11 is 0. The second-order valence-electron chi connectivity index (χ2n) is 6.08. The molecule has 0 bridgehead atoms. The van der Waals surface area contributed by atoms with Crippen LogP contribution in [0, 0.1) is 13.8 Å². The van der Waals surface area contributed by atoms with Crippen LogP contribution in [0.5, 0.6) is 0 Å². The van der Waals surface area contributed by atoms with Gasteiger partial charge in [-0.05, 0) is 56.8 Å². The van der Waals surface area contributed by atoms with Crippen molar-refractivity contribution < 1.29 is 9.90 Å². The first-order valence-electron chi connectivity index (χ1n) is 7.72. The summed E-state index contributed by atoms with van der Waals surface area (Å²) in [6, 6.07) is 6.45. The molecule has 2 atom stereocenters. The van der Waals surface area contributed by atoms with Gasteiger partial charge >= 0.3 is 0 Å². The molecule has 1 aliphatic heterocycles. The van der Waals surface area contributed by atoms with Crippen molar-refractivity contribution >= 4 is 5.91 Å². The SMILES string of the molecule is Cc1ccc([C@H](C)NC(=O)CN2CCC[C@@H]2CO)cc1C. The topological polar surface area (TPSA) is 52.6 Å². The first-order chi connectivity index (χ1) is 10.0. The molecule has 2 N–H and O–H groups in total. The second-order valence-corrected chi connectivity index (χ2v) is 6.08. The number of rotatable bonds is 5. The third kappa shape index (κ3) is 4.05. The predicted molar refractivity (Wildman–Crippen MR) is 84.2 cm³/mol. The van der Waals surface area contributed by atoms with Crippen LogP contribution in [0.15, 0.2) is 18.2 Å². The van der Waals surface area contributed by atoms with Gasteiger partial charge in [0.2, 0.25) is 5.91 Å². The van der Waals surface area contributed by atoms with Gasteiger partial charge < -0.3 is 10.4 Å². The second kappa shape index (κ2) is 7.05. The van der Waals surface area contributed by atoms with Crippen molar-refractivity contribution in [3.05, 3.63) is 34.9 Å². The highest BCUT2D eigenvalue weighted by molar-refractivity contribution is 5.78. The van der Waals surface area contributed by atoms with Crippen molar-refractivity contribution in [1.82, 2.24) is 10.2 Å². The molecule has 1 saturated heterocycles. The first-order valence-corrected chi connectivity index (χ1v) is 7.72. The highest BCUT2D eigenvalue weighted by Crippen LogP contribution is 2.18. The Balaban J connectivity index is 1.91. The highest BCUT2D eigenvalue weighted by Gasteiger charge is 2.25. The number of aliphatic hydroxyl groups excluding tert-OH is 1. The highest BCUT2D eigenvalue weighted by atomic mass is 16.3. The molecule has 1 aliphatic rings. The van der Waals surface area contributed by atoms with Crippen molar-refractivity contribution in [3.8, 4) is 0 Å². The summed E-state index contributed by atoms with van der Waals surface area (Å²) in [5.74, 6) is 0.0288. The van der Waals surface area contributed by atoms with E-state index in [4.69, 9.17) is 0 Å². The van der Waals surface area contributed by atoms with E-state index in [1.807, 2.05) is 6.92 Å². The number of aliphatic hydroxyl groups is 1. The summed E-state index contributed by atoms with van der Waals surface area (Å²) in [5.41, 5.74) is 3.64. The molecule has 0 aliphatic carbocycles. The summed E-state index contributed by atoms with van der Waals surface area (Å²) < 4.78 is 0. The summed E-state index contributed by atoms with van der Waals surface area (Å²) in [6.45, 7) is 7.60. The summed E-state index contributed by atoms with van der Waals surface area (Å²) in [6.07, 6.45) is 2.04. The van der Waals surface area contributed by atoms with Gasteiger partial charge in [-0.25, -0.2) is 0 Å². The van der Waals surface area contributed by atoms with E-state index in [2.05, 4.69) is 42.3 Å². The normalized spacial score (nSPS) is 20.5. The van der Waals surface area contributed by atoms with E-state index in [9.17, 15) is 9.90 Å². The van der Waals surface area contributed by atoms with Crippen LogP contribution in [-0.2, 0) is 4.79 Å². The monoisotopic (exact) mass is 290 g/mol. The zero-order valence-electron chi connectivity index (χ0n) is 13.2. The quantitative estimate of drug-likeness (QED) is 0.871. The van der Waals surface area contributed by atoms with Crippen LogP contribution in [0.3, 0.4) is 0 Å². The number of likely N-dealkylation sites (tertiary alicyclic amines) is 1. The third-order valence-corrected chi connectivity index (χ3v) is 4.46. The maximum absolute atomic E-state index is 12.2. The Bertz CT molecular complexity index is 502. The van der Waals surface area contributed by atoms with Gasteiger partial charge in [-0.1, -0.05) is 18.2 Å². The van der Waals surface area contributed by atoms with E-state index < -0.39 is 0 Å². The van der Waals surface area contributed by atoms with Gasteiger partial charge in [-0.2, -0.15) is 0 Å². The number of aryl methyl sites for hydroxylation is 2. The minimum absolute atomic E-state index is 0.00646. The van der Waals surface area contributed by atoms with E-state index in [0.29, 0.717) is 6.54 Å². The number of hydrogen-bond acceptors (Lipinski definition) is 3. The van der Waals surface area contributed by atoms with Gasteiger partial charge in [0.05, 0.1) is 19.2 Å². The maximum Gasteiger partial charge on any atom is 0.234 e. The Hall–Kier alpha value is -1.39. The molecule has 1 amide bonds. The van der Waals surface area contributed by atoms with Gasteiger partial charge in [0, 0.05) is 6.04 Å².